The van der Waals surface area contributed by atoms with Crippen molar-refractivity contribution in [1.29, 1.82) is 0 Å². The van der Waals surface area contributed by atoms with Gasteiger partial charge in [0.1, 0.15) is 13.4 Å². The first-order chi connectivity index (χ1) is 8.35. The van der Waals surface area contributed by atoms with Gasteiger partial charge < -0.3 is 9.72 Å². The summed E-state index contributed by atoms with van der Waals surface area (Å²) < 4.78 is 5.19. The highest BCUT2D eigenvalue weighted by Gasteiger charge is 2.17. The molecule has 4 nitrogen and oxygen atoms in total. The zero-order chi connectivity index (χ0) is 13.3. The quantitative estimate of drug-likeness (QED) is 0.754. The molecule has 0 saturated carbocycles. The minimum Gasteiger partial charge on any atom is -0.444 e. The van der Waals surface area contributed by atoms with Crippen LogP contribution in [0.1, 0.15) is 20.8 Å². The van der Waals surface area contributed by atoms with Crippen LogP contribution in [0.15, 0.2) is 24.4 Å². The van der Waals surface area contributed by atoms with E-state index in [2.05, 4.69) is 10.3 Å². The molecule has 0 atom stereocenters. The summed E-state index contributed by atoms with van der Waals surface area (Å²) in [6.07, 6.45) is 1.24. The Morgan fingerprint density at radius 3 is 2.78 bits per heavy atom. The third-order valence-electron chi connectivity index (χ3n) is 2.34. The van der Waals surface area contributed by atoms with E-state index in [1.54, 1.807) is 18.3 Å². The minimum atomic E-state index is -0.519. The number of amides is 1. The van der Waals surface area contributed by atoms with Crippen LogP contribution < -0.4 is 10.8 Å². The van der Waals surface area contributed by atoms with Gasteiger partial charge in [0.2, 0.25) is 0 Å². The van der Waals surface area contributed by atoms with Crippen LogP contribution in [0.4, 0.5) is 10.5 Å². The number of H-pyrrole nitrogens is 1. The molecule has 2 rings (SSSR count). The summed E-state index contributed by atoms with van der Waals surface area (Å²) in [5.74, 6) is 0. The highest BCUT2D eigenvalue weighted by Crippen LogP contribution is 2.22. The van der Waals surface area contributed by atoms with Crippen molar-refractivity contribution in [2.24, 2.45) is 0 Å². The van der Waals surface area contributed by atoms with Gasteiger partial charge in [0.25, 0.3) is 0 Å². The number of anilines is 1. The molecule has 0 unspecified atom stereocenters. The molecule has 2 N–H and O–H groups in total. The molecule has 1 heterocycles. The van der Waals surface area contributed by atoms with Gasteiger partial charge in [-0.25, -0.2) is 4.79 Å². The van der Waals surface area contributed by atoms with E-state index in [4.69, 9.17) is 12.6 Å². The Morgan fingerprint density at radius 2 is 2.11 bits per heavy atom. The largest absolute Gasteiger partial charge is 0.444 e. The lowest BCUT2D eigenvalue weighted by molar-refractivity contribution is 0.0636. The fourth-order valence-corrected chi connectivity index (χ4v) is 1.66. The Labute approximate surface area is 107 Å². The second-order valence-corrected chi connectivity index (χ2v) is 5.13. The summed E-state index contributed by atoms with van der Waals surface area (Å²) in [6, 6.07) is 5.47. The summed E-state index contributed by atoms with van der Waals surface area (Å²) in [6.45, 7) is 5.46. The molecule has 0 bridgehead atoms. The Balaban J connectivity index is 2.22. The van der Waals surface area contributed by atoms with Crippen LogP contribution in [-0.4, -0.2) is 24.5 Å². The van der Waals surface area contributed by atoms with Crippen molar-refractivity contribution >= 4 is 36.0 Å². The number of nitrogens with one attached hydrogen (secondary N) is 2. The smallest absolute Gasteiger partial charge is 0.412 e. The van der Waals surface area contributed by atoms with Crippen LogP contribution in [0.25, 0.3) is 10.9 Å². The molecule has 0 spiro atoms. The second-order valence-electron chi connectivity index (χ2n) is 5.13. The molecule has 18 heavy (non-hydrogen) atoms. The van der Waals surface area contributed by atoms with Crippen molar-refractivity contribution in [1.82, 2.24) is 4.98 Å². The summed E-state index contributed by atoms with van der Waals surface area (Å²) in [5.41, 5.74) is 1.70. The van der Waals surface area contributed by atoms with Crippen molar-refractivity contribution in [2.45, 2.75) is 26.4 Å². The molecule has 2 aromatic rings. The third-order valence-corrected chi connectivity index (χ3v) is 2.34. The maximum absolute atomic E-state index is 11.7. The first-order valence-corrected chi connectivity index (χ1v) is 5.72. The van der Waals surface area contributed by atoms with Crippen molar-refractivity contribution in [3.05, 3.63) is 24.4 Å². The molecule has 5 heteroatoms. The molecule has 2 radical (unpaired) electrons. The normalized spacial score (nSPS) is 11.5. The summed E-state index contributed by atoms with van der Waals surface area (Å²) >= 11 is 0. The van der Waals surface area contributed by atoms with Gasteiger partial charge in [-0.2, -0.15) is 0 Å². The molecule has 1 aromatic heterocycles. The summed E-state index contributed by atoms with van der Waals surface area (Å²) in [5, 5.41) is 3.56. The highest BCUT2D eigenvalue weighted by atomic mass is 16.6. The molecule has 1 aromatic carbocycles. The minimum absolute atomic E-state index is 0.481. The number of carbonyl (C=O) groups is 1. The van der Waals surface area contributed by atoms with Gasteiger partial charge in [0.05, 0.1) is 5.69 Å². The fraction of sp³-hybridized carbons (Fsp3) is 0.308. The molecule has 0 fully saturated rings. The maximum Gasteiger partial charge on any atom is 0.412 e. The van der Waals surface area contributed by atoms with E-state index in [9.17, 15) is 4.79 Å². The van der Waals surface area contributed by atoms with E-state index in [1.165, 1.54) is 0 Å². The zero-order valence-electron chi connectivity index (χ0n) is 10.7. The average molecular weight is 242 g/mol. The zero-order valence-corrected chi connectivity index (χ0v) is 10.7. The number of aromatic amines is 1. The number of fused-ring (bicyclic) bond motifs is 1. The van der Waals surface area contributed by atoms with Crippen molar-refractivity contribution < 1.29 is 9.53 Å². The van der Waals surface area contributed by atoms with Crippen LogP contribution in [0.5, 0.6) is 0 Å². The predicted octanol–water partition coefficient (Wildman–Crippen LogP) is 2.31. The topological polar surface area (TPSA) is 54.1 Å². The average Bonchev–Trinajstić information content (AvgIpc) is 2.58. The predicted molar refractivity (Wildman–Crippen MR) is 73.5 cm³/mol. The Bertz CT molecular complexity index is 584. The van der Waals surface area contributed by atoms with E-state index in [0.29, 0.717) is 11.2 Å². The number of benzene rings is 1. The SMILES string of the molecule is [B]c1ccc2[nH]cc(NC(=O)OC(C)(C)C)c2c1. The molecule has 0 aliphatic heterocycles. The van der Waals surface area contributed by atoms with Gasteiger partial charge in [-0.1, -0.05) is 17.6 Å². The molecule has 0 aliphatic rings. The van der Waals surface area contributed by atoms with E-state index in [1.807, 2.05) is 26.8 Å². The number of hydrogen-bond donors (Lipinski definition) is 2. The van der Waals surface area contributed by atoms with Gasteiger partial charge in [-0.05, 0) is 26.8 Å². The van der Waals surface area contributed by atoms with Crippen LogP contribution in [0, 0.1) is 0 Å². The molecule has 1 amide bonds. The number of hydrogen-bond acceptors (Lipinski definition) is 2. The summed E-state index contributed by atoms with van der Waals surface area (Å²) in [7, 11) is 5.73. The van der Waals surface area contributed by atoms with Gasteiger partial charge in [0.15, 0.2) is 0 Å². The second kappa shape index (κ2) is 4.40. The Hall–Kier alpha value is -1.91. The van der Waals surface area contributed by atoms with Gasteiger partial charge in [-0.3, -0.25) is 5.32 Å². The van der Waals surface area contributed by atoms with Gasteiger partial charge in [0, 0.05) is 17.1 Å². The number of aromatic nitrogens is 1. The van der Waals surface area contributed by atoms with E-state index < -0.39 is 11.7 Å². The first-order valence-electron chi connectivity index (χ1n) is 5.72. The standard InChI is InChI=1S/C13H15BN2O2/c1-13(2,3)18-12(17)16-11-7-15-10-5-4-8(14)6-9(10)11/h4-7,15H,1-3H3,(H,16,17). The lowest BCUT2D eigenvalue weighted by atomic mass is 9.95. The monoisotopic (exact) mass is 242 g/mol. The lowest BCUT2D eigenvalue weighted by Crippen LogP contribution is -2.27. The third kappa shape index (κ3) is 2.86. The van der Waals surface area contributed by atoms with Crippen molar-refractivity contribution in [2.75, 3.05) is 5.32 Å². The molecule has 0 saturated heterocycles. The van der Waals surface area contributed by atoms with Gasteiger partial charge >= 0.3 is 6.09 Å². The molecule has 92 valence electrons. The van der Waals surface area contributed by atoms with Crippen molar-refractivity contribution in [3.8, 4) is 0 Å². The number of carbonyl (C=O) groups excluding carboxylic acids is 1. The molecular formula is C13H15BN2O2. The fourth-order valence-electron chi connectivity index (χ4n) is 1.66. The number of ether oxygens (including phenoxy) is 1. The van der Waals surface area contributed by atoms with E-state index >= 15 is 0 Å². The molecular weight excluding hydrogens is 227 g/mol. The Kier molecular flexibility index (Phi) is 3.07. The van der Waals surface area contributed by atoms with Crippen LogP contribution in [-0.2, 0) is 4.74 Å². The highest BCUT2D eigenvalue weighted by molar-refractivity contribution is 6.33. The first kappa shape index (κ1) is 12.5. The number of rotatable bonds is 1. The maximum atomic E-state index is 11.7. The van der Waals surface area contributed by atoms with Crippen LogP contribution >= 0.6 is 0 Å². The summed E-state index contributed by atoms with van der Waals surface area (Å²) in [4.78, 5) is 14.7. The Morgan fingerprint density at radius 1 is 1.39 bits per heavy atom. The van der Waals surface area contributed by atoms with Crippen LogP contribution in [0.2, 0.25) is 0 Å². The van der Waals surface area contributed by atoms with Gasteiger partial charge in [-0.15, -0.1) is 0 Å². The van der Waals surface area contributed by atoms with Crippen LogP contribution in [0.3, 0.4) is 0 Å². The van der Waals surface area contributed by atoms with Crippen molar-refractivity contribution in [3.63, 3.8) is 0 Å². The lowest BCUT2D eigenvalue weighted by Gasteiger charge is -2.19. The molecule has 0 aliphatic carbocycles. The van der Waals surface area contributed by atoms with E-state index in [0.717, 1.165) is 10.9 Å². The van der Waals surface area contributed by atoms with E-state index in [-0.39, 0.29) is 0 Å².